The molecule has 8 heteroatoms. The van der Waals surface area contributed by atoms with Gasteiger partial charge in [-0.25, -0.2) is 0 Å². The van der Waals surface area contributed by atoms with Gasteiger partial charge in [0.1, 0.15) is 5.75 Å². The molecule has 0 aromatic heterocycles. The third-order valence-corrected chi connectivity index (χ3v) is 8.02. The van der Waals surface area contributed by atoms with E-state index < -0.39 is 0 Å². The average molecular weight is 513 g/mol. The maximum absolute atomic E-state index is 5.87. The van der Waals surface area contributed by atoms with Crippen molar-refractivity contribution in [3.63, 3.8) is 0 Å². The summed E-state index contributed by atoms with van der Waals surface area (Å²) in [5.74, 6) is 0.829. The predicted octanol–water partition coefficient (Wildman–Crippen LogP) is 4.32. The fraction of sp³-hybridized carbons (Fsp3) is 0.194. The van der Waals surface area contributed by atoms with Gasteiger partial charge in [-0.05, 0) is 49.5 Å². The summed E-state index contributed by atoms with van der Waals surface area (Å²) < 4.78 is 29.2. The predicted molar refractivity (Wildman–Crippen MR) is 156 cm³/mol. The molecule has 3 aliphatic rings. The Hall–Kier alpha value is -3.68. The van der Waals surface area contributed by atoms with Crippen LogP contribution in [-0.4, -0.2) is 53.5 Å². The Morgan fingerprint density at radius 2 is 1.31 bits per heavy atom. The second kappa shape index (κ2) is 9.21. The highest BCUT2D eigenvalue weighted by Gasteiger charge is 2.31. The minimum Gasteiger partial charge on any atom is -0.496 e. The molecule has 3 aliphatic heterocycles. The monoisotopic (exact) mass is 513 g/mol. The summed E-state index contributed by atoms with van der Waals surface area (Å²) in [6.45, 7) is 2.44. The Morgan fingerprint density at radius 3 is 2.00 bits per heavy atom. The fourth-order valence-electron chi connectivity index (χ4n) is 6.24. The van der Waals surface area contributed by atoms with E-state index in [1.807, 2.05) is 6.07 Å². The van der Waals surface area contributed by atoms with Crippen LogP contribution in [0.1, 0.15) is 11.1 Å². The van der Waals surface area contributed by atoms with Gasteiger partial charge in [-0.2, -0.15) is 0 Å². The molecule has 5 aromatic carbocycles. The number of methoxy groups -OCH3 is 1. The summed E-state index contributed by atoms with van der Waals surface area (Å²) in [5, 5.41) is 6.92. The van der Waals surface area contributed by atoms with E-state index in [4.69, 9.17) is 28.3 Å². The molecule has 0 aliphatic carbocycles. The lowest BCUT2D eigenvalue weighted by atomic mass is 9.76. The standard InChI is InChI=1S/C31H25B2NO5/c1-35-29-11-6-19-4-2-3-5-22(19)30(29)28-18-27-25-16-20(32-36-12-13-37-32)7-9-23(25)24-10-8-21(33-38-14-15-39-33)17-26(24)31(27)34-28/h2-11,16-17H,12-15,18H2,1H3. The average Bonchev–Trinajstić information content (AvgIpc) is 3.78. The quantitative estimate of drug-likeness (QED) is 0.265. The van der Waals surface area contributed by atoms with E-state index in [2.05, 4.69) is 66.7 Å². The largest absolute Gasteiger partial charge is 0.496 e. The zero-order valence-electron chi connectivity index (χ0n) is 21.6. The van der Waals surface area contributed by atoms with Gasteiger partial charge in [0.25, 0.3) is 0 Å². The molecule has 0 N–H and O–H groups in total. The molecule has 0 bridgehead atoms. The van der Waals surface area contributed by atoms with Crippen LogP contribution >= 0.6 is 0 Å². The van der Waals surface area contributed by atoms with Gasteiger partial charge in [0, 0.05) is 17.4 Å². The topological polar surface area (TPSA) is 58.5 Å². The van der Waals surface area contributed by atoms with E-state index in [1.165, 1.54) is 16.3 Å². The molecular weight excluding hydrogens is 488 g/mol. The van der Waals surface area contributed by atoms with Crippen molar-refractivity contribution in [3.05, 3.63) is 83.9 Å². The van der Waals surface area contributed by atoms with Crippen LogP contribution in [-0.2, 0) is 25.0 Å². The molecule has 0 unspecified atom stereocenters. The Bertz CT molecular complexity index is 1810. The van der Waals surface area contributed by atoms with Gasteiger partial charge in [0.15, 0.2) is 0 Å². The number of hydrogen-bond acceptors (Lipinski definition) is 6. The lowest BCUT2D eigenvalue weighted by Gasteiger charge is -2.14. The Labute approximate surface area is 226 Å². The van der Waals surface area contributed by atoms with Crippen LogP contribution in [0.4, 0.5) is 5.69 Å². The van der Waals surface area contributed by atoms with Crippen molar-refractivity contribution in [2.24, 2.45) is 4.99 Å². The number of fused-ring (bicyclic) bond motifs is 7. The van der Waals surface area contributed by atoms with E-state index in [-0.39, 0.29) is 14.2 Å². The SMILES string of the molecule is COc1ccc2ccccc2c1C1=Nc2c(c3cc(B4OCCO4)ccc3c3ccc(B4OCCO4)cc23)C1. The lowest BCUT2D eigenvalue weighted by Crippen LogP contribution is -2.31. The first-order chi connectivity index (χ1) is 19.3. The van der Waals surface area contributed by atoms with Crippen LogP contribution in [0.3, 0.4) is 0 Å². The summed E-state index contributed by atoms with van der Waals surface area (Å²) in [4.78, 5) is 5.35. The van der Waals surface area contributed by atoms with Crippen LogP contribution < -0.4 is 15.7 Å². The van der Waals surface area contributed by atoms with Crippen LogP contribution in [0.25, 0.3) is 32.3 Å². The van der Waals surface area contributed by atoms with Crippen LogP contribution in [0.2, 0.25) is 0 Å². The molecule has 0 radical (unpaired) electrons. The van der Waals surface area contributed by atoms with E-state index in [1.54, 1.807) is 7.11 Å². The second-order valence-electron chi connectivity index (χ2n) is 10.2. The van der Waals surface area contributed by atoms with Gasteiger partial charge >= 0.3 is 14.2 Å². The Morgan fingerprint density at radius 1 is 0.667 bits per heavy atom. The lowest BCUT2D eigenvalue weighted by molar-refractivity contribution is 0.365. The fourth-order valence-corrected chi connectivity index (χ4v) is 6.24. The smallest absolute Gasteiger partial charge is 0.494 e. The molecule has 8 rings (SSSR count). The zero-order chi connectivity index (χ0) is 25.9. The third kappa shape index (κ3) is 3.71. The van der Waals surface area contributed by atoms with Gasteiger partial charge < -0.3 is 23.4 Å². The highest BCUT2D eigenvalue weighted by molar-refractivity contribution is 6.62. The molecule has 0 atom stereocenters. The van der Waals surface area contributed by atoms with Crippen LogP contribution in [0, 0.1) is 0 Å². The highest BCUT2D eigenvalue weighted by Crippen LogP contribution is 2.44. The molecule has 0 saturated carbocycles. The van der Waals surface area contributed by atoms with Gasteiger partial charge in [-0.15, -0.1) is 0 Å². The van der Waals surface area contributed by atoms with Gasteiger partial charge in [0.2, 0.25) is 0 Å². The number of ether oxygens (including phenoxy) is 1. The molecule has 3 heterocycles. The first kappa shape index (κ1) is 23.2. The number of benzene rings is 5. The van der Waals surface area contributed by atoms with E-state index >= 15 is 0 Å². The first-order valence-corrected chi connectivity index (χ1v) is 13.4. The second-order valence-corrected chi connectivity index (χ2v) is 10.2. The highest BCUT2D eigenvalue weighted by atomic mass is 16.6. The minimum absolute atomic E-state index is 0.334. The zero-order valence-corrected chi connectivity index (χ0v) is 21.6. The van der Waals surface area contributed by atoms with Gasteiger partial charge in [0.05, 0.1) is 44.9 Å². The van der Waals surface area contributed by atoms with E-state index in [9.17, 15) is 0 Å². The normalized spacial score (nSPS) is 17.0. The molecule has 0 spiro atoms. The Balaban J connectivity index is 1.38. The van der Waals surface area contributed by atoms with Crippen molar-refractivity contribution in [1.82, 2.24) is 0 Å². The molecule has 2 saturated heterocycles. The van der Waals surface area contributed by atoms with Gasteiger partial charge in [-0.3, -0.25) is 4.99 Å². The van der Waals surface area contributed by atoms with Crippen molar-refractivity contribution in [1.29, 1.82) is 0 Å². The molecule has 190 valence electrons. The molecule has 6 nitrogen and oxygen atoms in total. The van der Waals surface area contributed by atoms with Crippen molar-refractivity contribution < 1.29 is 23.4 Å². The summed E-state index contributed by atoms with van der Waals surface area (Å²) in [7, 11) is 1.05. The van der Waals surface area contributed by atoms with Crippen molar-refractivity contribution >= 4 is 68.9 Å². The third-order valence-electron chi connectivity index (χ3n) is 8.02. The van der Waals surface area contributed by atoms with Crippen molar-refractivity contribution in [2.45, 2.75) is 6.42 Å². The number of rotatable bonds is 4. The number of hydrogen-bond donors (Lipinski definition) is 0. The van der Waals surface area contributed by atoms with Crippen LogP contribution in [0.5, 0.6) is 5.75 Å². The van der Waals surface area contributed by atoms with Gasteiger partial charge in [-0.1, -0.05) is 66.7 Å². The molecule has 39 heavy (non-hydrogen) atoms. The van der Waals surface area contributed by atoms with Crippen molar-refractivity contribution in [3.8, 4) is 5.75 Å². The maximum atomic E-state index is 5.87. The molecular formula is C31H25B2NO5. The summed E-state index contributed by atoms with van der Waals surface area (Å²) in [5.41, 5.74) is 6.29. The number of nitrogens with zero attached hydrogens (tertiary/aromatic N) is 1. The van der Waals surface area contributed by atoms with E-state index in [0.29, 0.717) is 32.8 Å². The molecule has 2 fully saturated rings. The molecule has 0 amide bonds. The maximum Gasteiger partial charge on any atom is 0.494 e. The minimum atomic E-state index is -0.345. The van der Waals surface area contributed by atoms with Crippen molar-refractivity contribution in [2.75, 3.05) is 33.5 Å². The number of aliphatic imine (C=N–C) groups is 1. The Kier molecular flexibility index (Phi) is 5.49. The molecule has 5 aromatic rings. The summed E-state index contributed by atoms with van der Waals surface area (Å²) >= 11 is 0. The summed E-state index contributed by atoms with van der Waals surface area (Å²) in [6.07, 6.45) is 0.697. The first-order valence-electron chi connectivity index (χ1n) is 13.4. The van der Waals surface area contributed by atoms with Crippen LogP contribution in [0.15, 0.2) is 77.8 Å². The van der Waals surface area contributed by atoms with E-state index in [0.717, 1.165) is 55.2 Å². The summed E-state index contributed by atoms with van der Waals surface area (Å²) in [6, 6.07) is 25.6.